The van der Waals surface area contributed by atoms with Gasteiger partial charge >= 0.3 is 0 Å². The quantitative estimate of drug-likeness (QED) is 0.677. The number of nitrogens with zero attached hydrogens (tertiary/aromatic N) is 2. The molecule has 1 N–H and O–H groups in total. The maximum Gasteiger partial charge on any atom is 0.253 e. The summed E-state index contributed by atoms with van der Waals surface area (Å²) < 4.78 is 1.61. The first-order valence-corrected chi connectivity index (χ1v) is 5.05. The standard InChI is InChI=1S/C10H17N3O/c1-2-3-5-11-7-8-13-9-12-6-4-10(13)14/h4,6,9,11H,2-3,5,7-8H2,1H3. The Hall–Kier alpha value is -1.16. The molecule has 0 aliphatic heterocycles. The van der Waals surface area contributed by atoms with Crippen LogP contribution in [0, 0.1) is 0 Å². The Morgan fingerprint density at radius 3 is 3.07 bits per heavy atom. The molecule has 0 atom stereocenters. The van der Waals surface area contributed by atoms with E-state index in [-0.39, 0.29) is 5.56 Å². The first-order chi connectivity index (χ1) is 6.84. The molecule has 0 spiro atoms. The lowest BCUT2D eigenvalue weighted by molar-refractivity contribution is 0.565. The molecule has 78 valence electrons. The fraction of sp³-hybridized carbons (Fsp3) is 0.600. The third-order valence-electron chi connectivity index (χ3n) is 2.03. The van der Waals surface area contributed by atoms with E-state index < -0.39 is 0 Å². The summed E-state index contributed by atoms with van der Waals surface area (Å²) in [6.45, 7) is 4.70. The average Bonchev–Trinajstić information content (AvgIpc) is 2.20. The Labute approximate surface area is 84.0 Å². The van der Waals surface area contributed by atoms with E-state index in [1.165, 1.54) is 25.1 Å². The minimum absolute atomic E-state index is 0.0114. The van der Waals surface area contributed by atoms with E-state index in [1.807, 2.05) is 0 Å². The second kappa shape index (κ2) is 6.32. The smallest absolute Gasteiger partial charge is 0.253 e. The molecule has 0 aliphatic carbocycles. The van der Waals surface area contributed by atoms with Crippen molar-refractivity contribution in [2.45, 2.75) is 26.3 Å². The summed E-state index contributed by atoms with van der Waals surface area (Å²) in [4.78, 5) is 15.1. The van der Waals surface area contributed by atoms with Gasteiger partial charge in [-0.05, 0) is 13.0 Å². The molecule has 0 aliphatic rings. The highest BCUT2D eigenvalue weighted by Crippen LogP contribution is 1.82. The molecule has 0 saturated carbocycles. The van der Waals surface area contributed by atoms with Crippen LogP contribution in [0.3, 0.4) is 0 Å². The molecule has 1 aromatic rings. The van der Waals surface area contributed by atoms with Gasteiger partial charge in [0.05, 0.1) is 6.33 Å². The van der Waals surface area contributed by atoms with Crippen molar-refractivity contribution in [3.05, 3.63) is 28.9 Å². The van der Waals surface area contributed by atoms with Crippen LogP contribution in [0.1, 0.15) is 19.8 Å². The predicted octanol–water partition coefficient (Wildman–Crippen LogP) is 0.633. The van der Waals surface area contributed by atoms with Crippen LogP contribution in [0.15, 0.2) is 23.4 Å². The molecule has 0 amide bonds. The van der Waals surface area contributed by atoms with E-state index in [0.29, 0.717) is 6.54 Å². The largest absolute Gasteiger partial charge is 0.315 e. The molecular formula is C10H17N3O. The van der Waals surface area contributed by atoms with Gasteiger partial charge in [-0.15, -0.1) is 0 Å². The van der Waals surface area contributed by atoms with Gasteiger partial charge in [-0.1, -0.05) is 13.3 Å². The molecule has 0 radical (unpaired) electrons. The lowest BCUT2D eigenvalue weighted by atomic mass is 10.3. The predicted molar refractivity (Wildman–Crippen MR) is 56.3 cm³/mol. The second-order valence-corrected chi connectivity index (χ2v) is 3.22. The summed E-state index contributed by atoms with van der Waals surface area (Å²) in [6, 6.07) is 1.48. The number of nitrogens with one attached hydrogen (secondary N) is 1. The van der Waals surface area contributed by atoms with Crippen LogP contribution < -0.4 is 10.9 Å². The number of hydrogen-bond acceptors (Lipinski definition) is 3. The third-order valence-corrected chi connectivity index (χ3v) is 2.03. The summed E-state index contributed by atoms with van der Waals surface area (Å²) in [5.74, 6) is 0. The van der Waals surface area contributed by atoms with Gasteiger partial charge in [0.25, 0.3) is 5.56 Å². The average molecular weight is 195 g/mol. The van der Waals surface area contributed by atoms with Crippen LogP contribution in [0.25, 0.3) is 0 Å². The highest BCUT2D eigenvalue weighted by molar-refractivity contribution is 4.81. The SMILES string of the molecule is CCCCNCCn1cnccc1=O. The van der Waals surface area contributed by atoms with Gasteiger partial charge in [0, 0.05) is 25.4 Å². The van der Waals surface area contributed by atoms with E-state index in [0.717, 1.165) is 13.1 Å². The van der Waals surface area contributed by atoms with Crippen molar-refractivity contribution >= 4 is 0 Å². The Morgan fingerprint density at radius 1 is 1.50 bits per heavy atom. The zero-order valence-corrected chi connectivity index (χ0v) is 8.57. The molecule has 0 aromatic carbocycles. The summed E-state index contributed by atoms with van der Waals surface area (Å²) in [7, 11) is 0. The Morgan fingerprint density at radius 2 is 2.36 bits per heavy atom. The highest BCUT2D eigenvalue weighted by Gasteiger charge is 1.93. The van der Waals surface area contributed by atoms with E-state index in [1.54, 1.807) is 10.9 Å². The minimum Gasteiger partial charge on any atom is -0.315 e. The molecule has 1 rings (SSSR count). The topological polar surface area (TPSA) is 46.9 Å². The van der Waals surface area contributed by atoms with Crippen molar-refractivity contribution in [3.8, 4) is 0 Å². The molecule has 0 unspecified atom stereocenters. The molecule has 14 heavy (non-hydrogen) atoms. The Bertz CT molecular complexity index is 308. The van der Waals surface area contributed by atoms with Crippen LogP contribution in [0.5, 0.6) is 0 Å². The zero-order chi connectivity index (χ0) is 10.2. The van der Waals surface area contributed by atoms with Crippen molar-refractivity contribution in [3.63, 3.8) is 0 Å². The fourth-order valence-electron chi connectivity index (χ4n) is 1.17. The van der Waals surface area contributed by atoms with Crippen molar-refractivity contribution < 1.29 is 0 Å². The maximum atomic E-state index is 11.2. The monoisotopic (exact) mass is 195 g/mol. The summed E-state index contributed by atoms with van der Waals surface area (Å²) in [6.07, 6.45) is 5.47. The highest BCUT2D eigenvalue weighted by atomic mass is 16.1. The number of hydrogen-bond donors (Lipinski definition) is 1. The van der Waals surface area contributed by atoms with Crippen LogP contribution in [0.2, 0.25) is 0 Å². The Balaban J connectivity index is 2.25. The molecule has 0 fully saturated rings. The first kappa shape index (κ1) is 10.9. The summed E-state index contributed by atoms with van der Waals surface area (Å²) >= 11 is 0. The second-order valence-electron chi connectivity index (χ2n) is 3.22. The number of aromatic nitrogens is 2. The van der Waals surface area contributed by atoms with Gasteiger partial charge in [-0.3, -0.25) is 9.36 Å². The van der Waals surface area contributed by atoms with Gasteiger partial charge in [0.15, 0.2) is 0 Å². The van der Waals surface area contributed by atoms with Crippen LogP contribution in [-0.2, 0) is 6.54 Å². The molecule has 1 aromatic heterocycles. The van der Waals surface area contributed by atoms with E-state index in [9.17, 15) is 4.79 Å². The van der Waals surface area contributed by atoms with Crippen molar-refractivity contribution in [1.29, 1.82) is 0 Å². The lowest BCUT2D eigenvalue weighted by Crippen LogP contribution is -2.27. The van der Waals surface area contributed by atoms with Crippen molar-refractivity contribution in [2.24, 2.45) is 0 Å². The normalized spacial score (nSPS) is 10.4. The summed E-state index contributed by atoms with van der Waals surface area (Å²) in [5, 5.41) is 3.27. The molecule has 4 nitrogen and oxygen atoms in total. The zero-order valence-electron chi connectivity index (χ0n) is 8.57. The van der Waals surface area contributed by atoms with Crippen LogP contribution >= 0.6 is 0 Å². The molecule has 4 heteroatoms. The van der Waals surface area contributed by atoms with Gasteiger partial charge in [-0.25, -0.2) is 4.98 Å². The Kier molecular flexibility index (Phi) is 4.93. The van der Waals surface area contributed by atoms with E-state index in [2.05, 4.69) is 17.2 Å². The van der Waals surface area contributed by atoms with Crippen LogP contribution in [-0.4, -0.2) is 22.6 Å². The van der Waals surface area contributed by atoms with E-state index >= 15 is 0 Å². The number of rotatable bonds is 6. The maximum absolute atomic E-state index is 11.2. The fourth-order valence-corrected chi connectivity index (χ4v) is 1.17. The van der Waals surface area contributed by atoms with Crippen molar-refractivity contribution in [1.82, 2.24) is 14.9 Å². The van der Waals surface area contributed by atoms with Gasteiger partial charge in [0.2, 0.25) is 0 Å². The molecule has 0 bridgehead atoms. The first-order valence-electron chi connectivity index (χ1n) is 5.05. The minimum atomic E-state index is 0.0114. The number of unbranched alkanes of at least 4 members (excludes halogenated alkanes) is 1. The summed E-state index contributed by atoms with van der Waals surface area (Å²) in [5.41, 5.74) is 0.0114. The van der Waals surface area contributed by atoms with Gasteiger partial charge in [0.1, 0.15) is 0 Å². The molecular weight excluding hydrogens is 178 g/mol. The van der Waals surface area contributed by atoms with Gasteiger partial charge in [-0.2, -0.15) is 0 Å². The van der Waals surface area contributed by atoms with Crippen LogP contribution in [0.4, 0.5) is 0 Å². The molecule has 1 heterocycles. The third kappa shape index (κ3) is 3.70. The lowest BCUT2D eigenvalue weighted by Gasteiger charge is -2.05. The van der Waals surface area contributed by atoms with Crippen molar-refractivity contribution in [2.75, 3.05) is 13.1 Å². The van der Waals surface area contributed by atoms with E-state index in [4.69, 9.17) is 0 Å². The van der Waals surface area contributed by atoms with Gasteiger partial charge < -0.3 is 5.32 Å². The molecule has 0 saturated heterocycles.